The molecule has 74 heavy (non-hydrogen) atoms. The van der Waals surface area contributed by atoms with E-state index in [-0.39, 0.29) is 73.2 Å². The molecule has 10 rings (SSSR count). The fourth-order valence-corrected chi connectivity index (χ4v) is 11.5. The number of carbonyl (C=O) groups is 2. The summed E-state index contributed by atoms with van der Waals surface area (Å²) in [5, 5.41) is 40.2. The maximum atomic E-state index is 14.3. The van der Waals surface area contributed by atoms with Crippen LogP contribution in [0.4, 0.5) is 15.9 Å². The topological polar surface area (TPSA) is 200 Å². The standard InChI is InChI=1S/C55H59ClFN11O6/c1-33(2)42-27-43(48(70)28-47(42)69)51-61-62-55(73)68(51)38-14-12-35(13-15-38)29-63-22-17-37(18-23-63)53(72)66-21-6-9-40(66)32-74-54-59-45-31-64(46-11-5-8-36-7-4-10-44(56)49(36)46)24-19-41(45)50(60-54)65-25-26-67(52(71)34(3)57)39(30-65)16-20-58/h4-5,7-8,10-15,27-28,33,37,39-40,69-70H,3,6,9,16-19,21-26,29-32H2,1-2H3,(H,62,73)/t39-,40-/m0/s1. The minimum Gasteiger partial charge on any atom is -0.508 e. The van der Waals surface area contributed by atoms with E-state index in [0.29, 0.717) is 79.6 Å². The molecule has 0 radical (unpaired) electrons. The van der Waals surface area contributed by atoms with Crippen molar-refractivity contribution in [3.05, 3.63) is 123 Å². The summed E-state index contributed by atoms with van der Waals surface area (Å²) in [4.78, 5) is 60.1. The molecule has 6 heterocycles. The second-order valence-electron chi connectivity index (χ2n) is 20.0. The number of aromatic nitrogens is 5. The summed E-state index contributed by atoms with van der Waals surface area (Å²) in [6.07, 6.45) is 3.67. The van der Waals surface area contributed by atoms with Gasteiger partial charge in [0.2, 0.25) is 5.91 Å². The number of piperidine rings is 1. The minimum atomic E-state index is -1.06. The molecule has 0 spiro atoms. The second kappa shape index (κ2) is 21.2. The van der Waals surface area contributed by atoms with E-state index in [9.17, 15) is 34.2 Å². The number of piperazine rings is 1. The lowest BCUT2D eigenvalue weighted by Crippen LogP contribution is -2.55. The van der Waals surface area contributed by atoms with Crippen LogP contribution < -0.4 is 20.2 Å². The van der Waals surface area contributed by atoms with Gasteiger partial charge in [-0.1, -0.05) is 68.4 Å². The Labute approximate surface area is 433 Å². The van der Waals surface area contributed by atoms with Crippen LogP contribution in [0.5, 0.6) is 17.5 Å². The number of aromatic amines is 1. The summed E-state index contributed by atoms with van der Waals surface area (Å²) in [5.74, 6) is -1.23. The molecule has 2 aromatic heterocycles. The smallest absolute Gasteiger partial charge is 0.348 e. The van der Waals surface area contributed by atoms with Crippen LogP contribution in [0.2, 0.25) is 5.02 Å². The number of nitrogens with zero attached hydrogens (tertiary/aromatic N) is 10. The van der Waals surface area contributed by atoms with Crippen LogP contribution in [0.1, 0.15) is 74.3 Å². The molecule has 2 atom stereocenters. The average molecular weight is 1020 g/mol. The molecule has 0 bridgehead atoms. The largest absolute Gasteiger partial charge is 0.508 e. The van der Waals surface area contributed by atoms with Gasteiger partial charge in [-0.3, -0.25) is 14.5 Å². The van der Waals surface area contributed by atoms with E-state index in [4.69, 9.17) is 26.3 Å². The van der Waals surface area contributed by atoms with Crippen LogP contribution in [0.15, 0.2) is 90.0 Å². The van der Waals surface area contributed by atoms with Crippen molar-refractivity contribution in [1.82, 2.24) is 39.4 Å². The molecule has 384 valence electrons. The first-order chi connectivity index (χ1) is 35.8. The highest BCUT2D eigenvalue weighted by molar-refractivity contribution is 6.36. The number of hydrogen-bond donors (Lipinski definition) is 3. The minimum absolute atomic E-state index is 0.0102. The number of rotatable bonds is 13. The lowest BCUT2D eigenvalue weighted by molar-refractivity contribution is -0.138. The number of nitriles is 1. The van der Waals surface area contributed by atoms with Crippen LogP contribution >= 0.6 is 11.6 Å². The van der Waals surface area contributed by atoms with Crippen LogP contribution in [-0.4, -0.2) is 126 Å². The maximum Gasteiger partial charge on any atom is 0.348 e. The first-order valence-corrected chi connectivity index (χ1v) is 25.7. The van der Waals surface area contributed by atoms with Crippen LogP contribution in [0, 0.1) is 17.2 Å². The Morgan fingerprint density at radius 1 is 0.932 bits per heavy atom. The van der Waals surface area contributed by atoms with E-state index < -0.39 is 23.5 Å². The van der Waals surface area contributed by atoms with Gasteiger partial charge < -0.3 is 34.5 Å². The molecule has 4 aliphatic heterocycles. The summed E-state index contributed by atoms with van der Waals surface area (Å²) in [6, 6.07) is 24.2. The van der Waals surface area contributed by atoms with Crippen molar-refractivity contribution in [2.24, 2.45) is 5.92 Å². The lowest BCUT2D eigenvalue weighted by Gasteiger charge is -2.42. The number of fused-ring (bicyclic) bond motifs is 2. The average Bonchev–Trinajstić information content (AvgIpc) is 4.04. The number of hydrogen-bond acceptors (Lipinski definition) is 13. The Morgan fingerprint density at radius 2 is 1.70 bits per heavy atom. The quantitative estimate of drug-likeness (QED) is 0.0956. The van der Waals surface area contributed by atoms with Gasteiger partial charge in [0.1, 0.15) is 23.9 Å². The fraction of sp³-hybridized carbons (Fsp3) is 0.400. The van der Waals surface area contributed by atoms with E-state index in [1.807, 2.05) is 78.2 Å². The third kappa shape index (κ3) is 9.97. The number of halogens is 2. The molecular weight excluding hydrogens is 965 g/mol. The molecule has 0 saturated carbocycles. The summed E-state index contributed by atoms with van der Waals surface area (Å²) in [7, 11) is 0. The Balaban J connectivity index is 0.807. The van der Waals surface area contributed by atoms with Gasteiger partial charge in [0.25, 0.3) is 5.91 Å². The molecule has 4 aliphatic rings. The van der Waals surface area contributed by atoms with E-state index >= 15 is 0 Å². The number of phenols is 2. The molecular formula is C55H59ClFN11O6. The summed E-state index contributed by atoms with van der Waals surface area (Å²) in [5.41, 5.74) is 4.83. The van der Waals surface area contributed by atoms with Crippen molar-refractivity contribution >= 4 is 45.7 Å². The third-order valence-corrected chi connectivity index (χ3v) is 15.4. The van der Waals surface area contributed by atoms with E-state index in [1.54, 1.807) is 6.07 Å². The number of phenolic OH excluding ortho intramolecular Hbond substituents is 2. The molecule has 3 N–H and O–H groups in total. The number of H-pyrrole nitrogens is 1. The predicted octanol–water partition coefficient (Wildman–Crippen LogP) is 7.62. The summed E-state index contributed by atoms with van der Waals surface area (Å²) in [6.45, 7) is 12.0. The fourth-order valence-electron chi connectivity index (χ4n) is 11.2. The predicted molar refractivity (Wildman–Crippen MR) is 279 cm³/mol. The van der Waals surface area contributed by atoms with Gasteiger partial charge in [-0.15, -0.1) is 0 Å². The number of amides is 2. The van der Waals surface area contributed by atoms with Crippen molar-refractivity contribution in [2.45, 2.75) is 83.5 Å². The highest BCUT2D eigenvalue weighted by atomic mass is 35.5. The molecule has 4 aromatic carbocycles. The molecule has 17 nitrogen and oxygen atoms in total. The lowest BCUT2D eigenvalue weighted by atomic mass is 9.94. The van der Waals surface area contributed by atoms with E-state index in [1.165, 1.54) is 15.5 Å². The van der Waals surface area contributed by atoms with Crippen molar-refractivity contribution in [2.75, 3.05) is 62.2 Å². The van der Waals surface area contributed by atoms with Crippen molar-refractivity contribution in [1.29, 1.82) is 5.26 Å². The van der Waals surface area contributed by atoms with Crippen LogP contribution in [0.3, 0.4) is 0 Å². The van der Waals surface area contributed by atoms with E-state index in [0.717, 1.165) is 59.2 Å². The van der Waals surface area contributed by atoms with Gasteiger partial charge in [0.05, 0.1) is 53.1 Å². The highest BCUT2D eigenvalue weighted by Gasteiger charge is 2.38. The molecule has 0 unspecified atom stereocenters. The maximum absolute atomic E-state index is 14.3. The van der Waals surface area contributed by atoms with Gasteiger partial charge in [0.15, 0.2) is 11.7 Å². The Hall–Kier alpha value is -7.49. The number of carbonyl (C=O) groups excluding carboxylic acids is 2. The SMILES string of the molecule is C=C(F)C(=O)N1CCN(c2nc(OC[C@@H]3CCCN3C(=O)C3CCN(Cc4ccc(-n5c(-c6cc(C(C)C)c(O)cc6O)n[nH]c5=O)cc4)CC3)nc3c2CCN(c2cccc4cccc(Cl)c24)C3)C[C@@H]1CC#N. The molecule has 19 heteroatoms. The number of ether oxygens (including phenoxy) is 1. The molecule has 3 fully saturated rings. The normalized spacial score (nSPS) is 18.5. The van der Waals surface area contributed by atoms with Crippen LogP contribution in [-0.2, 0) is 29.1 Å². The Morgan fingerprint density at radius 3 is 2.45 bits per heavy atom. The first-order valence-electron chi connectivity index (χ1n) is 25.3. The number of anilines is 2. The monoisotopic (exact) mass is 1020 g/mol. The molecule has 6 aromatic rings. The second-order valence-corrected chi connectivity index (χ2v) is 20.4. The number of aromatic hydroxyl groups is 2. The summed E-state index contributed by atoms with van der Waals surface area (Å²) < 4.78 is 22.0. The Bertz CT molecular complexity index is 3220. The van der Waals surface area contributed by atoms with Gasteiger partial charge in [-0.05, 0) is 98.0 Å². The van der Waals surface area contributed by atoms with Crippen molar-refractivity contribution < 1.29 is 28.9 Å². The highest BCUT2D eigenvalue weighted by Crippen LogP contribution is 2.40. The van der Waals surface area contributed by atoms with Crippen molar-refractivity contribution in [3.8, 4) is 40.7 Å². The van der Waals surface area contributed by atoms with Crippen molar-refractivity contribution in [3.63, 3.8) is 0 Å². The molecule has 2 amide bonds. The van der Waals surface area contributed by atoms with E-state index in [2.05, 4.69) is 38.7 Å². The molecule has 3 saturated heterocycles. The number of nitrogens with one attached hydrogen (secondary N) is 1. The zero-order chi connectivity index (χ0) is 51.8. The van der Waals surface area contributed by atoms with Gasteiger partial charge in [0, 0.05) is 67.9 Å². The van der Waals surface area contributed by atoms with Crippen LogP contribution in [0.25, 0.3) is 27.8 Å². The number of benzene rings is 4. The zero-order valence-corrected chi connectivity index (χ0v) is 42.3. The van der Waals surface area contributed by atoms with Gasteiger partial charge in [-0.25, -0.2) is 18.9 Å². The third-order valence-electron chi connectivity index (χ3n) is 15.1. The molecule has 0 aliphatic carbocycles. The van der Waals surface area contributed by atoms with Gasteiger partial charge in [-0.2, -0.15) is 20.3 Å². The first kappa shape index (κ1) is 50.1. The van der Waals surface area contributed by atoms with Gasteiger partial charge >= 0.3 is 11.7 Å². The zero-order valence-electron chi connectivity index (χ0n) is 41.5. The summed E-state index contributed by atoms with van der Waals surface area (Å²) >= 11 is 6.79. The number of likely N-dealkylation sites (tertiary alicyclic amines) is 2. The Kier molecular flexibility index (Phi) is 14.3.